The molecule has 5 heteroatoms. The topological polar surface area (TPSA) is 62.4 Å². The highest BCUT2D eigenvalue weighted by Gasteiger charge is 2.20. The van der Waals surface area contributed by atoms with Crippen molar-refractivity contribution in [3.05, 3.63) is 187 Å². The van der Waals surface area contributed by atoms with Gasteiger partial charge in [-0.25, -0.2) is 0 Å². The minimum atomic E-state index is 0.592. The first kappa shape index (κ1) is 30.7. The molecule has 5 nitrogen and oxygen atoms in total. The van der Waals surface area contributed by atoms with Crippen molar-refractivity contribution in [3.8, 4) is 40.3 Å². The van der Waals surface area contributed by atoms with E-state index >= 15 is 0 Å². The van der Waals surface area contributed by atoms with E-state index in [0.29, 0.717) is 11.1 Å². The summed E-state index contributed by atoms with van der Waals surface area (Å²) in [5, 5.41) is 27.0. The van der Waals surface area contributed by atoms with Gasteiger partial charge in [0.2, 0.25) is 0 Å². The van der Waals surface area contributed by atoms with E-state index in [1.165, 1.54) is 21.8 Å². The number of benzene rings is 8. The molecule has 0 amide bonds. The Morgan fingerprint density at radius 3 is 1.60 bits per heavy atom. The fourth-order valence-corrected chi connectivity index (χ4v) is 8.80. The molecule has 0 saturated carbocycles. The summed E-state index contributed by atoms with van der Waals surface area (Å²) in [7, 11) is 0. The van der Waals surface area contributed by atoms with Gasteiger partial charge in [0.15, 0.2) is 0 Å². The summed E-state index contributed by atoms with van der Waals surface area (Å²) in [5.41, 5.74) is 12.8. The van der Waals surface area contributed by atoms with Crippen LogP contribution in [0.4, 0.5) is 0 Å². The first-order chi connectivity index (χ1) is 27.2. The average Bonchev–Trinajstić information content (AvgIpc) is 3.89. The second kappa shape index (κ2) is 11.8. The van der Waals surface area contributed by atoms with E-state index in [1.807, 2.05) is 36.4 Å². The fourth-order valence-electron chi connectivity index (χ4n) is 8.80. The minimum Gasteiger partial charge on any atom is -0.309 e. The number of hydrogen-bond acceptors (Lipinski definition) is 2. The molecular formula is C50H29N5. The van der Waals surface area contributed by atoms with Gasteiger partial charge in [-0.05, 0) is 90.5 Å². The van der Waals surface area contributed by atoms with Gasteiger partial charge in [0.1, 0.15) is 0 Å². The molecule has 0 bridgehead atoms. The van der Waals surface area contributed by atoms with Crippen LogP contribution in [0.2, 0.25) is 0 Å². The number of rotatable bonds is 4. The third-order valence-electron chi connectivity index (χ3n) is 11.1. The molecule has 0 aliphatic rings. The van der Waals surface area contributed by atoms with Gasteiger partial charge in [0.05, 0.1) is 62.1 Å². The van der Waals surface area contributed by atoms with Crippen molar-refractivity contribution in [2.45, 2.75) is 0 Å². The van der Waals surface area contributed by atoms with Crippen LogP contribution in [0.3, 0.4) is 0 Å². The molecule has 11 aromatic rings. The van der Waals surface area contributed by atoms with Crippen LogP contribution in [0, 0.1) is 22.7 Å². The van der Waals surface area contributed by atoms with Crippen molar-refractivity contribution in [1.29, 1.82) is 10.5 Å². The molecule has 3 heterocycles. The highest BCUT2D eigenvalue weighted by atomic mass is 15.0. The quantitative estimate of drug-likeness (QED) is 0.184. The lowest BCUT2D eigenvalue weighted by Crippen LogP contribution is -2.00. The van der Waals surface area contributed by atoms with E-state index in [9.17, 15) is 10.5 Å². The molecule has 0 aliphatic heterocycles. The third-order valence-corrected chi connectivity index (χ3v) is 11.1. The summed E-state index contributed by atoms with van der Waals surface area (Å²) in [6, 6.07) is 66.0. The zero-order chi connectivity index (χ0) is 36.6. The standard InChI is InChI=1S/C50H29N5/c51-30-32-23-25-47(41(27-32)33-11-9-13-35(28-33)54-46-21-8-4-17-40(46)50-34(31-52)12-10-22-49(50)54)55-45-20-7-3-16-39(45)42-29-36(24-26-48(42)55)53-43-18-5-1-14-37(43)38-15-2-6-19-44(38)53/h1-29H. The predicted molar refractivity (Wildman–Crippen MR) is 224 cm³/mol. The van der Waals surface area contributed by atoms with Crippen molar-refractivity contribution in [2.75, 3.05) is 0 Å². The molecule has 0 fully saturated rings. The molecule has 8 aromatic carbocycles. The van der Waals surface area contributed by atoms with Crippen molar-refractivity contribution < 1.29 is 0 Å². The van der Waals surface area contributed by atoms with Crippen LogP contribution in [0.1, 0.15) is 11.1 Å². The molecular weight excluding hydrogens is 671 g/mol. The number of nitriles is 2. The number of aromatic nitrogens is 3. The fraction of sp³-hybridized carbons (Fsp3) is 0. The van der Waals surface area contributed by atoms with Crippen LogP contribution in [0.5, 0.6) is 0 Å². The lowest BCUT2D eigenvalue weighted by Gasteiger charge is -2.16. The monoisotopic (exact) mass is 699 g/mol. The highest BCUT2D eigenvalue weighted by Crippen LogP contribution is 2.40. The lowest BCUT2D eigenvalue weighted by molar-refractivity contribution is 1.16. The molecule has 0 atom stereocenters. The Balaban J connectivity index is 1.15. The summed E-state index contributed by atoms with van der Waals surface area (Å²) in [6.45, 7) is 0. The summed E-state index contributed by atoms with van der Waals surface area (Å²) >= 11 is 0. The molecule has 254 valence electrons. The Bertz CT molecular complexity index is 3420. The first-order valence-electron chi connectivity index (χ1n) is 18.3. The first-order valence-corrected chi connectivity index (χ1v) is 18.3. The Morgan fingerprint density at radius 2 is 0.909 bits per heavy atom. The Hall–Kier alpha value is -7.86. The van der Waals surface area contributed by atoms with E-state index in [1.54, 1.807) is 0 Å². The maximum Gasteiger partial charge on any atom is 0.0998 e. The average molecular weight is 700 g/mol. The second-order valence-electron chi connectivity index (χ2n) is 14.0. The number of hydrogen-bond donors (Lipinski definition) is 0. The van der Waals surface area contributed by atoms with E-state index in [4.69, 9.17) is 0 Å². The molecule has 3 aromatic heterocycles. The van der Waals surface area contributed by atoms with Gasteiger partial charge < -0.3 is 13.7 Å². The van der Waals surface area contributed by atoms with Gasteiger partial charge in [-0.1, -0.05) is 91.0 Å². The van der Waals surface area contributed by atoms with Crippen LogP contribution in [-0.2, 0) is 0 Å². The van der Waals surface area contributed by atoms with Crippen molar-refractivity contribution in [2.24, 2.45) is 0 Å². The van der Waals surface area contributed by atoms with E-state index < -0.39 is 0 Å². The SMILES string of the molecule is N#Cc1ccc(-n2c3ccccc3c3cc(-n4c5ccccc5c5ccccc54)ccc32)c(-c2cccc(-n3c4ccccc4c4c(C#N)cccc43)c2)c1. The molecule has 0 aliphatic carbocycles. The lowest BCUT2D eigenvalue weighted by atomic mass is 10.00. The summed E-state index contributed by atoms with van der Waals surface area (Å²) in [4.78, 5) is 0. The van der Waals surface area contributed by atoms with Gasteiger partial charge >= 0.3 is 0 Å². The van der Waals surface area contributed by atoms with E-state index in [-0.39, 0.29) is 0 Å². The summed E-state index contributed by atoms with van der Waals surface area (Å²) in [6.07, 6.45) is 0. The minimum absolute atomic E-state index is 0.592. The van der Waals surface area contributed by atoms with Crippen LogP contribution >= 0.6 is 0 Å². The molecule has 0 unspecified atom stereocenters. The molecule has 11 rings (SSSR count). The van der Waals surface area contributed by atoms with Crippen LogP contribution in [0.25, 0.3) is 93.6 Å². The zero-order valence-electron chi connectivity index (χ0n) is 29.5. The summed E-state index contributed by atoms with van der Waals surface area (Å²) < 4.78 is 6.94. The maximum atomic E-state index is 10.1. The van der Waals surface area contributed by atoms with Crippen LogP contribution in [-0.4, -0.2) is 13.7 Å². The third kappa shape index (κ3) is 4.45. The van der Waals surface area contributed by atoms with Gasteiger partial charge in [0, 0.05) is 49.3 Å². The Labute approximate surface area is 316 Å². The predicted octanol–water partition coefficient (Wildman–Crippen LogP) is 12.4. The van der Waals surface area contributed by atoms with Gasteiger partial charge in [-0.15, -0.1) is 0 Å². The maximum absolute atomic E-state index is 10.1. The smallest absolute Gasteiger partial charge is 0.0998 e. The number of fused-ring (bicyclic) bond motifs is 9. The molecule has 0 spiro atoms. The molecule has 0 N–H and O–H groups in total. The van der Waals surface area contributed by atoms with Crippen molar-refractivity contribution in [1.82, 2.24) is 13.7 Å². The second-order valence-corrected chi connectivity index (χ2v) is 14.0. The number of para-hydroxylation sites is 4. The van der Waals surface area contributed by atoms with E-state index in [2.05, 4.69) is 165 Å². The largest absolute Gasteiger partial charge is 0.309 e. The molecule has 0 saturated heterocycles. The summed E-state index contributed by atoms with van der Waals surface area (Å²) in [5.74, 6) is 0. The zero-order valence-corrected chi connectivity index (χ0v) is 29.5. The van der Waals surface area contributed by atoms with Gasteiger partial charge in [-0.3, -0.25) is 0 Å². The number of nitrogens with zero attached hydrogens (tertiary/aromatic N) is 5. The van der Waals surface area contributed by atoms with Crippen LogP contribution < -0.4 is 0 Å². The molecule has 55 heavy (non-hydrogen) atoms. The highest BCUT2D eigenvalue weighted by molar-refractivity contribution is 6.13. The van der Waals surface area contributed by atoms with Gasteiger partial charge in [-0.2, -0.15) is 10.5 Å². The molecule has 0 radical (unpaired) electrons. The van der Waals surface area contributed by atoms with E-state index in [0.717, 1.165) is 71.8 Å². The van der Waals surface area contributed by atoms with Crippen molar-refractivity contribution >= 4 is 65.4 Å². The Kier molecular flexibility index (Phi) is 6.61. The Morgan fingerprint density at radius 1 is 0.364 bits per heavy atom. The van der Waals surface area contributed by atoms with Crippen LogP contribution in [0.15, 0.2) is 176 Å². The van der Waals surface area contributed by atoms with Crippen molar-refractivity contribution in [3.63, 3.8) is 0 Å². The van der Waals surface area contributed by atoms with Gasteiger partial charge in [0.25, 0.3) is 0 Å². The normalized spacial score (nSPS) is 11.6.